The zero-order chi connectivity index (χ0) is 14.3. The summed E-state index contributed by atoms with van der Waals surface area (Å²) in [7, 11) is 0. The third-order valence-electron chi connectivity index (χ3n) is 1.94. The van der Waals surface area contributed by atoms with Gasteiger partial charge in [-0.2, -0.15) is 15.0 Å². The number of hydrazine groups is 1. The molecular formula is C9H16F2N6O2. The van der Waals surface area contributed by atoms with E-state index in [1.165, 1.54) is 0 Å². The number of halogens is 2. The average Bonchev–Trinajstić information content (AvgIpc) is 2.42. The molecule has 0 aliphatic carbocycles. The number of rotatable bonds is 8. The van der Waals surface area contributed by atoms with Crippen LogP contribution in [0.3, 0.4) is 0 Å². The monoisotopic (exact) mass is 278 g/mol. The van der Waals surface area contributed by atoms with Crippen LogP contribution >= 0.6 is 0 Å². The molecule has 0 aromatic carbocycles. The van der Waals surface area contributed by atoms with Gasteiger partial charge in [0.2, 0.25) is 11.9 Å². The fourth-order valence-corrected chi connectivity index (χ4v) is 1.04. The molecule has 1 unspecified atom stereocenters. The van der Waals surface area contributed by atoms with Crippen LogP contribution in [-0.2, 0) is 0 Å². The minimum Gasteiger partial charge on any atom is -0.463 e. The summed E-state index contributed by atoms with van der Waals surface area (Å²) < 4.78 is 29.4. The van der Waals surface area contributed by atoms with Crippen molar-refractivity contribution in [3.05, 3.63) is 0 Å². The minimum atomic E-state index is -2.85. The Balaban J connectivity index is 2.70. The van der Waals surface area contributed by atoms with Crippen molar-refractivity contribution in [2.75, 3.05) is 23.9 Å². The van der Waals surface area contributed by atoms with Gasteiger partial charge >= 0.3 is 6.01 Å². The number of aromatic nitrogens is 3. The van der Waals surface area contributed by atoms with Crippen LogP contribution in [0.1, 0.15) is 13.3 Å². The molecule has 108 valence electrons. The molecule has 0 amide bonds. The SMILES string of the molecule is CCCOc1nc(NN)nc(NCC(O)C(F)F)n1. The third-order valence-corrected chi connectivity index (χ3v) is 1.94. The van der Waals surface area contributed by atoms with Crippen LogP contribution in [0, 0.1) is 0 Å². The first-order valence-corrected chi connectivity index (χ1v) is 5.62. The molecule has 1 rings (SSSR count). The molecule has 19 heavy (non-hydrogen) atoms. The van der Waals surface area contributed by atoms with Crippen LogP contribution in [-0.4, -0.2) is 45.7 Å². The minimum absolute atomic E-state index is 0.0128. The molecule has 0 aliphatic rings. The van der Waals surface area contributed by atoms with Crippen LogP contribution in [0.4, 0.5) is 20.7 Å². The first-order valence-electron chi connectivity index (χ1n) is 5.62. The van der Waals surface area contributed by atoms with E-state index in [4.69, 9.17) is 15.7 Å². The molecule has 0 spiro atoms. The highest BCUT2D eigenvalue weighted by atomic mass is 19.3. The van der Waals surface area contributed by atoms with Gasteiger partial charge in [-0.25, -0.2) is 14.6 Å². The molecule has 1 heterocycles. The molecule has 0 saturated carbocycles. The van der Waals surface area contributed by atoms with Gasteiger partial charge in [0.15, 0.2) is 0 Å². The molecule has 5 N–H and O–H groups in total. The topological polar surface area (TPSA) is 118 Å². The largest absolute Gasteiger partial charge is 0.463 e. The Morgan fingerprint density at radius 2 is 2.00 bits per heavy atom. The molecule has 0 radical (unpaired) electrons. The Kier molecular flexibility index (Phi) is 6.09. The van der Waals surface area contributed by atoms with Crippen molar-refractivity contribution in [3.63, 3.8) is 0 Å². The fraction of sp³-hybridized carbons (Fsp3) is 0.667. The lowest BCUT2D eigenvalue weighted by Gasteiger charge is -2.12. The number of aliphatic hydroxyl groups excluding tert-OH is 1. The van der Waals surface area contributed by atoms with Crippen molar-refractivity contribution in [2.24, 2.45) is 5.84 Å². The van der Waals surface area contributed by atoms with Crippen molar-refractivity contribution < 1.29 is 18.6 Å². The summed E-state index contributed by atoms with van der Waals surface area (Å²) in [4.78, 5) is 11.4. The maximum Gasteiger partial charge on any atom is 0.323 e. The van der Waals surface area contributed by atoms with E-state index in [0.29, 0.717) is 6.61 Å². The lowest BCUT2D eigenvalue weighted by Crippen LogP contribution is -2.27. The Bertz CT molecular complexity index is 395. The van der Waals surface area contributed by atoms with E-state index in [9.17, 15) is 8.78 Å². The number of hydrogen-bond donors (Lipinski definition) is 4. The Labute approximate surface area is 108 Å². The van der Waals surface area contributed by atoms with Crippen LogP contribution in [0.25, 0.3) is 0 Å². The number of hydrogen-bond acceptors (Lipinski definition) is 8. The molecule has 0 bridgehead atoms. The predicted octanol–water partition coefficient (Wildman–Crippen LogP) is -0.0161. The van der Waals surface area contributed by atoms with E-state index >= 15 is 0 Å². The summed E-state index contributed by atoms with van der Waals surface area (Å²) in [5, 5.41) is 11.4. The van der Waals surface area contributed by atoms with Gasteiger partial charge in [0.1, 0.15) is 6.10 Å². The Morgan fingerprint density at radius 3 is 2.58 bits per heavy atom. The summed E-state index contributed by atoms with van der Waals surface area (Å²) in [5.41, 5.74) is 2.20. The molecule has 0 saturated heterocycles. The molecule has 8 nitrogen and oxygen atoms in total. The lowest BCUT2D eigenvalue weighted by molar-refractivity contribution is 0.00376. The Hall–Kier alpha value is -1.81. The van der Waals surface area contributed by atoms with Gasteiger partial charge in [-0.1, -0.05) is 6.92 Å². The van der Waals surface area contributed by atoms with E-state index in [0.717, 1.165) is 6.42 Å². The van der Waals surface area contributed by atoms with Gasteiger partial charge in [-0.05, 0) is 6.42 Å². The first-order chi connectivity index (χ1) is 9.06. The number of aliphatic hydroxyl groups is 1. The fourth-order valence-electron chi connectivity index (χ4n) is 1.04. The summed E-state index contributed by atoms with van der Waals surface area (Å²) in [6.45, 7) is 1.90. The van der Waals surface area contributed by atoms with E-state index in [2.05, 4.69) is 25.7 Å². The summed E-state index contributed by atoms with van der Waals surface area (Å²) in [6, 6.07) is 0.0128. The summed E-state index contributed by atoms with van der Waals surface area (Å²) in [5.74, 6) is 5.17. The highest BCUT2D eigenvalue weighted by Crippen LogP contribution is 2.11. The molecular weight excluding hydrogens is 262 g/mol. The number of ether oxygens (including phenoxy) is 1. The van der Waals surface area contributed by atoms with Crippen LogP contribution in [0.2, 0.25) is 0 Å². The van der Waals surface area contributed by atoms with Crippen molar-refractivity contribution in [3.8, 4) is 6.01 Å². The van der Waals surface area contributed by atoms with Gasteiger partial charge in [-0.3, -0.25) is 5.43 Å². The predicted molar refractivity (Wildman–Crippen MR) is 63.9 cm³/mol. The van der Waals surface area contributed by atoms with Crippen molar-refractivity contribution in [1.82, 2.24) is 15.0 Å². The normalized spacial score (nSPS) is 12.3. The van der Waals surface area contributed by atoms with Crippen LogP contribution in [0.5, 0.6) is 6.01 Å². The van der Waals surface area contributed by atoms with E-state index < -0.39 is 19.1 Å². The van der Waals surface area contributed by atoms with Gasteiger partial charge in [0.25, 0.3) is 6.43 Å². The number of nitrogen functional groups attached to an aromatic ring is 1. The van der Waals surface area contributed by atoms with Gasteiger partial charge in [0, 0.05) is 6.54 Å². The highest BCUT2D eigenvalue weighted by molar-refractivity contribution is 5.34. The molecule has 0 aliphatic heterocycles. The smallest absolute Gasteiger partial charge is 0.323 e. The summed E-state index contributed by atoms with van der Waals surface area (Å²) >= 11 is 0. The number of nitrogens with two attached hydrogens (primary N) is 1. The maximum atomic E-state index is 12.1. The first kappa shape index (κ1) is 15.2. The number of nitrogens with zero attached hydrogens (tertiary/aromatic N) is 3. The van der Waals surface area contributed by atoms with Crippen LogP contribution < -0.4 is 21.3 Å². The average molecular weight is 278 g/mol. The second kappa shape index (κ2) is 7.59. The Morgan fingerprint density at radius 1 is 1.32 bits per heavy atom. The highest BCUT2D eigenvalue weighted by Gasteiger charge is 2.17. The number of anilines is 2. The second-order valence-electron chi connectivity index (χ2n) is 3.54. The standard InChI is InChI=1S/C9H16F2N6O2/c1-2-3-19-9-15-7(14-8(16-9)17-12)13-4-5(18)6(10)11/h5-6,18H,2-4,12H2,1H3,(H2,13,14,15,16,17). The zero-order valence-corrected chi connectivity index (χ0v) is 10.3. The third kappa shape index (κ3) is 5.14. The van der Waals surface area contributed by atoms with Gasteiger partial charge in [-0.15, -0.1) is 0 Å². The van der Waals surface area contributed by atoms with E-state index in [1.54, 1.807) is 0 Å². The van der Waals surface area contributed by atoms with Crippen molar-refractivity contribution >= 4 is 11.9 Å². The second-order valence-corrected chi connectivity index (χ2v) is 3.54. The zero-order valence-electron chi connectivity index (χ0n) is 10.3. The van der Waals surface area contributed by atoms with Crippen molar-refractivity contribution in [2.45, 2.75) is 25.9 Å². The van der Waals surface area contributed by atoms with Crippen LogP contribution in [0.15, 0.2) is 0 Å². The van der Waals surface area contributed by atoms with Crippen molar-refractivity contribution in [1.29, 1.82) is 0 Å². The summed E-state index contributed by atoms with van der Waals surface area (Å²) in [6.07, 6.45) is -3.91. The molecule has 1 atom stereocenters. The van der Waals surface area contributed by atoms with E-state index in [-0.39, 0.29) is 17.9 Å². The molecule has 10 heteroatoms. The number of alkyl halides is 2. The molecule has 0 fully saturated rings. The van der Waals surface area contributed by atoms with Gasteiger partial charge in [0.05, 0.1) is 6.61 Å². The molecule has 1 aromatic rings. The maximum absolute atomic E-state index is 12.1. The quantitative estimate of drug-likeness (QED) is 0.387. The molecule has 1 aromatic heterocycles. The van der Waals surface area contributed by atoms with E-state index in [1.807, 2.05) is 6.92 Å². The lowest BCUT2D eigenvalue weighted by atomic mass is 10.4. The number of nitrogens with one attached hydrogen (secondary N) is 2. The van der Waals surface area contributed by atoms with Gasteiger partial charge < -0.3 is 15.2 Å².